The van der Waals surface area contributed by atoms with E-state index < -0.39 is 5.78 Å². The lowest BCUT2D eigenvalue weighted by Crippen LogP contribution is -2.01. The SMILES string of the molecule is COc1cc(/C=C(\C#N)C(=O)c2c[nH]c3cc(Cl)ccc23)cc(Cl)c1OC. The summed E-state index contributed by atoms with van der Waals surface area (Å²) in [4.78, 5) is 15.9. The predicted octanol–water partition coefficient (Wildman–Crippen LogP) is 5.28. The highest BCUT2D eigenvalue weighted by Crippen LogP contribution is 2.36. The number of hydrogen-bond donors (Lipinski definition) is 1. The van der Waals surface area contributed by atoms with Crippen LogP contribution < -0.4 is 9.47 Å². The van der Waals surface area contributed by atoms with Gasteiger partial charge in [-0.1, -0.05) is 29.3 Å². The fourth-order valence-corrected chi connectivity index (χ4v) is 3.24. The van der Waals surface area contributed by atoms with Crippen molar-refractivity contribution in [1.82, 2.24) is 4.98 Å². The smallest absolute Gasteiger partial charge is 0.205 e. The Hall–Kier alpha value is -2.94. The van der Waals surface area contributed by atoms with E-state index in [1.807, 2.05) is 6.07 Å². The molecule has 2 aromatic carbocycles. The van der Waals surface area contributed by atoms with Gasteiger partial charge in [0.2, 0.25) is 5.78 Å². The van der Waals surface area contributed by atoms with Crippen LogP contribution in [0, 0.1) is 11.3 Å². The molecular formula is C20H14Cl2N2O3. The Morgan fingerprint density at radius 3 is 2.63 bits per heavy atom. The number of ketones is 1. The number of ether oxygens (including phenoxy) is 2. The average molecular weight is 401 g/mol. The third kappa shape index (κ3) is 3.63. The second kappa shape index (κ2) is 7.75. The molecule has 0 atom stereocenters. The van der Waals surface area contributed by atoms with Crippen molar-refractivity contribution in [2.45, 2.75) is 0 Å². The monoisotopic (exact) mass is 400 g/mol. The summed E-state index contributed by atoms with van der Waals surface area (Å²) in [5.41, 5.74) is 1.62. The van der Waals surface area contributed by atoms with Gasteiger partial charge in [0, 0.05) is 27.7 Å². The Labute approximate surface area is 165 Å². The van der Waals surface area contributed by atoms with Gasteiger partial charge in [0.1, 0.15) is 11.6 Å². The molecule has 0 aliphatic rings. The van der Waals surface area contributed by atoms with Crippen molar-refractivity contribution >= 4 is 46.0 Å². The number of rotatable bonds is 5. The van der Waals surface area contributed by atoms with Crippen LogP contribution in [0.25, 0.3) is 17.0 Å². The first kappa shape index (κ1) is 18.8. The average Bonchev–Trinajstić information content (AvgIpc) is 3.07. The highest BCUT2D eigenvalue weighted by molar-refractivity contribution is 6.32. The molecule has 1 heterocycles. The molecule has 0 saturated carbocycles. The number of benzene rings is 2. The number of nitrogens with zero attached hydrogens (tertiary/aromatic N) is 1. The number of aromatic amines is 1. The topological polar surface area (TPSA) is 75.1 Å². The third-order valence-corrected chi connectivity index (χ3v) is 4.54. The molecule has 0 amide bonds. The summed E-state index contributed by atoms with van der Waals surface area (Å²) in [6.45, 7) is 0. The normalized spacial score (nSPS) is 11.3. The first-order valence-electron chi connectivity index (χ1n) is 7.83. The van der Waals surface area contributed by atoms with Crippen LogP contribution in [-0.4, -0.2) is 25.0 Å². The summed E-state index contributed by atoms with van der Waals surface area (Å²) < 4.78 is 10.4. The van der Waals surface area contributed by atoms with Crippen LogP contribution in [0.2, 0.25) is 10.0 Å². The van der Waals surface area contributed by atoms with Gasteiger partial charge >= 0.3 is 0 Å². The van der Waals surface area contributed by atoms with E-state index in [-0.39, 0.29) is 5.57 Å². The van der Waals surface area contributed by atoms with E-state index in [0.29, 0.717) is 38.1 Å². The lowest BCUT2D eigenvalue weighted by Gasteiger charge is -2.10. The Bertz CT molecular complexity index is 1110. The Morgan fingerprint density at radius 2 is 1.96 bits per heavy atom. The van der Waals surface area contributed by atoms with E-state index in [4.69, 9.17) is 32.7 Å². The molecule has 7 heteroatoms. The van der Waals surface area contributed by atoms with Gasteiger partial charge in [-0.2, -0.15) is 5.26 Å². The number of nitriles is 1. The van der Waals surface area contributed by atoms with Crippen molar-refractivity contribution < 1.29 is 14.3 Å². The molecule has 0 bridgehead atoms. The van der Waals surface area contributed by atoms with Crippen LogP contribution in [0.1, 0.15) is 15.9 Å². The van der Waals surface area contributed by atoms with E-state index in [2.05, 4.69) is 4.98 Å². The van der Waals surface area contributed by atoms with Crippen molar-refractivity contribution in [3.05, 3.63) is 63.3 Å². The second-order valence-corrected chi connectivity index (χ2v) is 6.47. The largest absolute Gasteiger partial charge is 0.493 e. The number of carbonyl (C=O) groups excluding carboxylic acids is 1. The van der Waals surface area contributed by atoms with Crippen molar-refractivity contribution in [3.8, 4) is 17.6 Å². The van der Waals surface area contributed by atoms with E-state index >= 15 is 0 Å². The Kier molecular flexibility index (Phi) is 5.41. The second-order valence-electron chi connectivity index (χ2n) is 5.63. The van der Waals surface area contributed by atoms with Crippen LogP contribution in [0.15, 0.2) is 42.1 Å². The summed E-state index contributed by atoms with van der Waals surface area (Å²) in [5, 5.41) is 11.1. The van der Waals surface area contributed by atoms with Gasteiger partial charge in [0.15, 0.2) is 11.5 Å². The molecule has 0 spiro atoms. The molecule has 136 valence electrons. The standard InChI is InChI=1S/C20H14Cl2N2O3/c1-26-18-7-11(6-16(22)20(18)27-2)5-12(9-23)19(25)15-10-24-17-8-13(21)3-4-14(15)17/h3-8,10,24H,1-2H3/b12-5+. The van der Waals surface area contributed by atoms with Crippen LogP contribution in [0.3, 0.4) is 0 Å². The van der Waals surface area contributed by atoms with Crippen LogP contribution in [0.5, 0.6) is 11.5 Å². The van der Waals surface area contributed by atoms with E-state index in [0.717, 1.165) is 5.52 Å². The van der Waals surface area contributed by atoms with Crippen molar-refractivity contribution in [3.63, 3.8) is 0 Å². The number of H-pyrrole nitrogens is 1. The van der Waals surface area contributed by atoms with Gasteiger partial charge in [-0.15, -0.1) is 0 Å². The number of nitrogens with one attached hydrogen (secondary N) is 1. The first-order valence-corrected chi connectivity index (χ1v) is 8.58. The fourth-order valence-electron chi connectivity index (χ4n) is 2.77. The van der Waals surface area contributed by atoms with Gasteiger partial charge < -0.3 is 14.5 Å². The molecule has 0 aliphatic heterocycles. The molecule has 3 aromatic rings. The molecular weight excluding hydrogens is 387 g/mol. The molecule has 0 radical (unpaired) electrons. The quantitative estimate of drug-likeness (QED) is 0.359. The fraction of sp³-hybridized carbons (Fsp3) is 0.100. The van der Waals surface area contributed by atoms with E-state index in [1.54, 1.807) is 36.5 Å². The number of Topliss-reactive ketones (excluding diaryl/α,β-unsaturated/α-hetero) is 1. The van der Waals surface area contributed by atoms with Crippen LogP contribution >= 0.6 is 23.2 Å². The number of halogens is 2. The maximum Gasteiger partial charge on any atom is 0.205 e. The first-order chi connectivity index (χ1) is 13.0. The number of hydrogen-bond acceptors (Lipinski definition) is 4. The molecule has 1 N–H and O–H groups in total. The molecule has 27 heavy (non-hydrogen) atoms. The summed E-state index contributed by atoms with van der Waals surface area (Å²) in [6, 6.07) is 10.4. The Balaban J connectivity index is 2.05. The van der Waals surface area contributed by atoms with Gasteiger partial charge in [-0.3, -0.25) is 4.79 Å². The summed E-state index contributed by atoms with van der Waals surface area (Å²) in [5.74, 6) is 0.384. The van der Waals surface area contributed by atoms with Crippen molar-refractivity contribution in [2.75, 3.05) is 14.2 Å². The minimum atomic E-state index is -0.406. The third-order valence-electron chi connectivity index (χ3n) is 4.02. The molecule has 0 saturated heterocycles. The van der Waals surface area contributed by atoms with Crippen molar-refractivity contribution in [1.29, 1.82) is 5.26 Å². The zero-order valence-corrected chi connectivity index (χ0v) is 16.0. The number of methoxy groups -OCH3 is 2. The predicted molar refractivity (Wildman–Crippen MR) is 106 cm³/mol. The maximum atomic E-state index is 12.9. The summed E-state index contributed by atoms with van der Waals surface area (Å²) in [6.07, 6.45) is 3.03. The van der Waals surface area contributed by atoms with Gasteiger partial charge in [0.25, 0.3) is 0 Å². The molecule has 0 fully saturated rings. The maximum absolute atomic E-state index is 12.9. The van der Waals surface area contributed by atoms with Gasteiger partial charge in [-0.25, -0.2) is 0 Å². The molecule has 0 unspecified atom stereocenters. The lowest BCUT2D eigenvalue weighted by atomic mass is 10.0. The minimum Gasteiger partial charge on any atom is -0.493 e. The molecule has 3 rings (SSSR count). The van der Waals surface area contributed by atoms with E-state index in [1.165, 1.54) is 20.3 Å². The lowest BCUT2D eigenvalue weighted by molar-refractivity contribution is 0.104. The van der Waals surface area contributed by atoms with Gasteiger partial charge in [0.05, 0.1) is 19.2 Å². The van der Waals surface area contributed by atoms with Crippen LogP contribution in [0.4, 0.5) is 0 Å². The van der Waals surface area contributed by atoms with E-state index in [9.17, 15) is 10.1 Å². The number of allylic oxidation sites excluding steroid dienone is 1. The van der Waals surface area contributed by atoms with Gasteiger partial charge in [-0.05, 0) is 35.9 Å². The minimum absolute atomic E-state index is 0.0332. The zero-order valence-electron chi connectivity index (χ0n) is 14.5. The molecule has 5 nitrogen and oxygen atoms in total. The number of fused-ring (bicyclic) bond motifs is 1. The highest BCUT2D eigenvalue weighted by Gasteiger charge is 2.18. The summed E-state index contributed by atoms with van der Waals surface area (Å²) in [7, 11) is 2.96. The van der Waals surface area contributed by atoms with Crippen LogP contribution in [-0.2, 0) is 0 Å². The number of carbonyl (C=O) groups is 1. The summed E-state index contributed by atoms with van der Waals surface area (Å²) >= 11 is 12.2. The molecule has 1 aromatic heterocycles. The zero-order chi connectivity index (χ0) is 19.6. The number of aromatic nitrogens is 1. The Morgan fingerprint density at radius 1 is 1.19 bits per heavy atom. The highest BCUT2D eigenvalue weighted by atomic mass is 35.5. The molecule has 0 aliphatic carbocycles. The van der Waals surface area contributed by atoms with Crippen molar-refractivity contribution in [2.24, 2.45) is 0 Å².